The number of hydrogen-bond donors (Lipinski definition) is 2. The van der Waals surface area contributed by atoms with Crippen molar-refractivity contribution in [2.75, 3.05) is 13.1 Å². The Balaban J connectivity index is 1.96. The second-order valence-electron chi connectivity index (χ2n) is 4.23. The van der Waals surface area contributed by atoms with Crippen LogP contribution in [-0.4, -0.2) is 29.4 Å². The molecule has 1 saturated heterocycles. The van der Waals surface area contributed by atoms with Gasteiger partial charge >= 0.3 is 0 Å². The smallest absolute Gasteiger partial charge is 0.147 e. The van der Waals surface area contributed by atoms with Crippen molar-refractivity contribution in [1.29, 1.82) is 0 Å². The predicted molar refractivity (Wildman–Crippen MR) is 62.7 cm³/mol. The van der Waals surface area contributed by atoms with Crippen LogP contribution in [0.2, 0.25) is 0 Å². The molecule has 0 amide bonds. The number of para-hydroxylation sites is 1. The van der Waals surface area contributed by atoms with Gasteiger partial charge in [0.2, 0.25) is 0 Å². The van der Waals surface area contributed by atoms with Crippen molar-refractivity contribution in [3.63, 3.8) is 0 Å². The van der Waals surface area contributed by atoms with E-state index in [0.717, 1.165) is 41.9 Å². The average Bonchev–Trinajstić information content (AvgIpc) is 2.90. The third-order valence-electron chi connectivity index (χ3n) is 3.05. The van der Waals surface area contributed by atoms with Gasteiger partial charge in [0, 0.05) is 17.6 Å². The Morgan fingerprint density at radius 1 is 1.44 bits per heavy atom. The highest BCUT2D eigenvalue weighted by Gasteiger charge is 2.17. The lowest BCUT2D eigenvalue weighted by Crippen LogP contribution is -2.19. The largest absolute Gasteiger partial charge is 0.487 e. The van der Waals surface area contributed by atoms with Crippen molar-refractivity contribution in [3.8, 4) is 5.75 Å². The fourth-order valence-corrected chi connectivity index (χ4v) is 2.14. The van der Waals surface area contributed by atoms with Crippen LogP contribution in [-0.2, 0) is 0 Å². The van der Waals surface area contributed by atoms with Crippen molar-refractivity contribution in [1.82, 2.24) is 15.5 Å². The minimum absolute atomic E-state index is 0.280. The Kier molecular flexibility index (Phi) is 2.29. The zero-order chi connectivity index (χ0) is 11.0. The second kappa shape index (κ2) is 3.79. The van der Waals surface area contributed by atoms with E-state index in [4.69, 9.17) is 4.74 Å². The van der Waals surface area contributed by atoms with Crippen LogP contribution < -0.4 is 10.1 Å². The zero-order valence-electron chi connectivity index (χ0n) is 9.29. The summed E-state index contributed by atoms with van der Waals surface area (Å²) in [5, 5.41) is 11.7. The van der Waals surface area contributed by atoms with Crippen LogP contribution in [0.15, 0.2) is 18.2 Å². The highest BCUT2D eigenvalue weighted by atomic mass is 16.5. The number of nitrogens with zero attached hydrogens (tertiary/aromatic N) is 1. The molecule has 0 spiro atoms. The van der Waals surface area contributed by atoms with E-state index < -0.39 is 0 Å². The molecule has 1 aliphatic rings. The fraction of sp³-hybridized carbons (Fsp3) is 0.417. The molecule has 1 aliphatic heterocycles. The Morgan fingerprint density at radius 2 is 2.38 bits per heavy atom. The molecule has 1 fully saturated rings. The van der Waals surface area contributed by atoms with Gasteiger partial charge in [-0.2, -0.15) is 5.10 Å². The second-order valence-corrected chi connectivity index (χ2v) is 4.23. The molecule has 4 heteroatoms. The van der Waals surface area contributed by atoms with Gasteiger partial charge in [-0.15, -0.1) is 0 Å². The molecule has 0 bridgehead atoms. The number of fused-ring (bicyclic) bond motifs is 1. The number of nitrogens with one attached hydrogen (secondary N) is 2. The van der Waals surface area contributed by atoms with Gasteiger partial charge in [0.1, 0.15) is 17.4 Å². The summed E-state index contributed by atoms with van der Waals surface area (Å²) in [4.78, 5) is 0. The molecule has 4 nitrogen and oxygen atoms in total. The van der Waals surface area contributed by atoms with Gasteiger partial charge < -0.3 is 10.1 Å². The SMILES string of the molecule is Cc1[nH]nc2c(OC3CCNC3)cccc12. The summed E-state index contributed by atoms with van der Waals surface area (Å²) in [6.07, 6.45) is 1.35. The molecule has 0 aliphatic carbocycles. The Hall–Kier alpha value is -1.55. The van der Waals surface area contributed by atoms with Gasteiger partial charge in [-0.3, -0.25) is 5.10 Å². The first-order valence-electron chi connectivity index (χ1n) is 5.65. The van der Waals surface area contributed by atoms with Crippen molar-refractivity contribution in [3.05, 3.63) is 23.9 Å². The number of aromatic nitrogens is 2. The van der Waals surface area contributed by atoms with Crippen LogP contribution in [0.3, 0.4) is 0 Å². The number of aromatic amines is 1. The maximum absolute atomic E-state index is 5.96. The number of ether oxygens (including phenoxy) is 1. The molecule has 0 radical (unpaired) electrons. The number of hydrogen-bond acceptors (Lipinski definition) is 3. The quantitative estimate of drug-likeness (QED) is 0.803. The number of H-pyrrole nitrogens is 1. The lowest BCUT2D eigenvalue weighted by molar-refractivity contribution is 0.225. The summed E-state index contributed by atoms with van der Waals surface area (Å²) in [5.41, 5.74) is 2.02. The molecule has 2 N–H and O–H groups in total. The van der Waals surface area contributed by atoms with Crippen molar-refractivity contribution >= 4 is 10.9 Å². The standard InChI is InChI=1S/C12H15N3O/c1-8-10-3-2-4-11(12(10)15-14-8)16-9-5-6-13-7-9/h2-4,9,13H,5-7H2,1H3,(H,14,15). The van der Waals surface area contributed by atoms with Crippen LogP contribution in [0, 0.1) is 6.92 Å². The summed E-state index contributed by atoms with van der Waals surface area (Å²) in [7, 11) is 0. The minimum Gasteiger partial charge on any atom is -0.487 e. The van der Waals surface area contributed by atoms with E-state index >= 15 is 0 Å². The molecule has 1 atom stereocenters. The van der Waals surface area contributed by atoms with Gasteiger partial charge in [0.15, 0.2) is 0 Å². The molecule has 16 heavy (non-hydrogen) atoms. The van der Waals surface area contributed by atoms with Crippen LogP contribution in [0.1, 0.15) is 12.1 Å². The molecule has 1 unspecified atom stereocenters. The van der Waals surface area contributed by atoms with E-state index in [1.54, 1.807) is 0 Å². The summed E-state index contributed by atoms with van der Waals surface area (Å²) in [6.45, 7) is 4.00. The van der Waals surface area contributed by atoms with Crippen molar-refractivity contribution < 1.29 is 4.74 Å². The number of rotatable bonds is 2. The number of aryl methyl sites for hydroxylation is 1. The van der Waals surface area contributed by atoms with Crippen molar-refractivity contribution in [2.45, 2.75) is 19.4 Å². The topological polar surface area (TPSA) is 49.9 Å². The summed E-state index contributed by atoms with van der Waals surface area (Å²) < 4.78 is 5.96. The van der Waals surface area contributed by atoms with E-state index in [9.17, 15) is 0 Å². The van der Waals surface area contributed by atoms with E-state index in [2.05, 4.69) is 21.6 Å². The highest BCUT2D eigenvalue weighted by molar-refractivity contribution is 5.86. The van der Waals surface area contributed by atoms with Crippen LogP contribution in [0.4, 0.5) is 0 Å². The number of benzene rings is 1. The van der Waals surface area contributed by atoms with E-state index in [-0.39, 0.29) is 6.10 Å². The predicted octanol–water partition coefficient (Wildman–Crippen LogP) is 1.61. The molecular formula is C12H15N3O. The lowest BCUT2D eigenvalue weighted by Gasteiger charge is -2.12. The van der Waals surface area contributed by atoms with Crippen LogP contribution >= 0.6 is 0 Å². The summed E-state index contributed by atoms with van der Waals surface area (Å²) >= 11 is 0. The maximum Gasteiger partial charge on any atom is 0.147 e. The van der Waals surface area contributed by atoms with Crippen LogP contribution in [0.5, 0.6) is 5.75 Å². The van der Waals surface area contributed by atoms with Gasteiger partial charge in [0.05, 0.1) is 0 Å². The first-order chi connectivity index (χ1) is 7.84. The molecule has 0 saturated carbocycles. The first kappa shape index (κ1) is 9.66. The van der Waals surface area contributed by atoms with E-state index in [1.807, 2.05) is 19.1 Å². The lowest BCUT2D eigenvalue weighted by atomic mass is 10.2. The van der Waals surface area contributed by atoms with Gasteiger partial charge in [-0.1, -0.05) is 12.1 Å². The monoisotopic (exact) mass is 217 g/mol. The molecule has 1 aromatic carbocycles. The molecule has 1 aromatic heterocycles. The molecule has 3 rings (SSSR count). The zero-order valence-corrected chi connectivity index (χ0v) is 9.29. The maximum atomic E-state index is 5.96. The third-order valence-corrected chi connectivity index (χ3v) is 3.05. The van der Waals surface area contributed by atoms with Gasteiger partial charge in [-0.05, 0) is 26.0 Å². The van der Waals surface area contributed by atoms with Crippen LogP contribution in [0.25, 0.3) is 10.9 Å². The van der Waals surface area contributed by atoms with E-state index in [0.29, 0.717) is 0 Å². The molecular weight excluding hydrogens is 202 g/mol. The minimum atomic E-state index is 0.280. The summed E-state index contributed by atoms with van der Waals surface area (Å²) in [5.74, 6) is 0.885. The molecule has 2 aromatic rings. The normalized spacial score (nSPS) is 20.4. The van der Waals surface area contributed by atoms with Gasteiger partial charge in [0.25, 0.3) is 0 Å². The Morgan fingerprint density at radius 3 is 3.19 bits per heavy atom. The van der Waals surface area contributed by atoms with Gasteiger partial charge in [-0.25, -0.2) is 0 Å². The summed E-state index contributed by atoms with van der Waals surface area (Å²) in [6, 6.07) is 6.07. The Labute approximate surface area is 94.0 Å². The molecule has 2 heterocycles. The third kappa shape index (κ3) is 1.55. The molecule has 84 valence electrons. The van der Waals surface area contributed by atoms with Crippen molar-refractivity contribution in [2.24, 2.45) is 0 Å². The Bertz CT molecular complexity index is 500. The fourth-order valence-electron chi connectivity index (χ4n) is 2.14. The van der Waals surface area contributed by atoms with E-state index in [1.165, 1.54) is 0 Å². The average molecular weight is 217 g/mol. The highest BCUT2D eigenvalue weighted by Crippen LogP contribution is 2.26. The first-order valence-corrected chi connectivity index (χ1v) is 5.65.